The zero-order valence-corrected chi connectivity index (χ0v) is 11.9. The second kappa shape index (κ2) is 5.85. The summed E-state index contributed by atoms with van der Waals surface area (Å²) in [4.78, 5) is 25.7. The fourth-order valence-electron chi connectivity index (χ4n) is 3.12. The van der Waals surface area contributed by atoms with Gasteiger partial charge in [0.1, 0.15) is 5.69 Å². The molecule has 0 spiro atoms. The van der Waals surface area contributed by atoms with Crippen molar-refractivity contribution in [3.63, 3.8) is 0 Å². The highest BCUT2D eigenvalue weighted by atomic mass is 16.5. The molecule has 3 N–H and O–H groups in total. The number of piperidine rings is 1. The number of hydrogen-bond donors (Lipinski definition) is 2. The van der Waals surface area contributed by atoms with Gasteiger partial charge in [-0.1, -0.05) is 0 Å². The molecular formula is C14H20N4O3. The number of likely N-dealkylation sites (tertiary alicyclic amines) is 1. The normalized spacial score (nSPS) is 26.0. The van der Waals surface area contributed by atoms with Crippen LogP contribution < -0.4 is 5.73 Å². The second-order valence-corrected chi connectivity index (χ2v) is 5.68. The molecular weight excluding hydrogens is 272 g/mol. The Morgan fingerprint density at radius 3 is 2.90 bits per heavy atom. The molecule has 2 aliphatic rings. The third-order valence-electron chi connectivity index (χ3n) is 4.27. The summed E-state index contributed by atoms with van der Waals surface area (Å²) in [6, 6.07) is 1.61. The lowest BCUT2D eigenvalue weighted by atomic mass is 9.96. The predicted molar refractivity (Wildman–Crippen MR) is 74.3 cm³/mol. The SMILES string of the molecule is NC(=O)c1cc([C@H]2CCCCN2C(=O)[C@@H]2CCOC2)[nH]n1. The van der Waals surface area contributed by atoms with E-state index >= 15 is 0 Å². The van der Waals surface area contributed by atoms with E-state index in [1.165, 1.54) is 0 Å². The Morgan fingerprint density at radius 1 is 1.38 bits per heavy atom. The molecule has 0 saturated carbocycles. The van der Waals surface area contributed by atoms with Crippen LogP contribution in [0.5, 0.6) is 0 Å². The van der Waals surface area contributed by atoms with E-state index in [9.17, 15) is 9.59 Å². The van der Waals surface area contributed by atoms with Crippen LogP contribution in [0, 0.1) is 5.92 Å². The number of H-pyrrole nitrogens is 1. The van der Waals surface area contributed by atoms with Gasteiger partial charge in [-0.25, -0.2) is 0 Å². The van der Waals surface area contributed by atoms with Crippen LogP contribution in [0.1, 0.15) is 47.9 Å². The summed E-state index contributed by atoms with van der Waals surface area (Å²) in [5.41, 5.74) is 6.23. The third kappa shape index (κ3) is 2.78. The molecule has 0 unspecified atom stereocenters. The lowest BCUT2D eigenvalue weighted by molar-refractivity contribution is -0.139. The Balaban J connectivity index is 1.79. The van der Waals surface area contributed by atoms with Crippen molar-refractivity contribution >= 4 is 11.8 Å². The van der Waals surface area contributed by atoms with Crippen LogP contribution in [0.4, 0.5) is 0 Å². The van der Waals surface area contributed by atoms with Crippen molar-refractivity contribution in [3.8, 4) is 0 Å². The summed E-state index contributed by atoms with van der Waals surface area (Å²) >= 11 is 0. The van der Waals surface area contributed by atoms with Crippen LogP contribution in [-0.2, 0) is 9.53 Å². The third-order valence-corrected chi connectivity index (χ3v) is 4.27. The standard InChI is InChI=1S/C14H20N4O3/c15-13(19)11-7-10(16-17-11)12-3-1-2-5-18(12)14(20)9-4-6-21-8-9/h7,9,12H,1-6,8H2,(H2,15,19)(H,16,17)/t9-,12-/m1/s1. The first-order valence-electron chi connectivity index (χ1n) is 7.40. The number of nitrogens with zero attached hydrogens (tertiary/aromatic N) is 2. The first-order chi connectivity index (χ1) is 10.2. The van der Waals surface area contributed by atoms with Crippen LogP contribution in [0.15, 0.2) is 6.07 Å². The minimum absolute atomic E-state index is 0.0378. The highest BCUT2D eigenvalue weighted by molar-refractivity contribution is 5.90. The van der Waals surface area contributed by atoms with E-state index in [4.69, 9.17) is 10.5 Å². The zero-order chi connectivity index (χ0) is 14.8. The van der Waals surface area contributed by atoms with Crippen LogP contribution >= 0.6 is 0 Å². The first kappa shape index (κ1) is 14.1. The molecule has 7 nitrogen and oxygen atoms in total. The Hall–Kier alpha value is -1.89. The average molecular weight is 292 g/mol. The fourth-order valence-corrected chi connectivity index (χ4v) is 3.12. The maximum absolute atomic E-state index is 12.6. The number of nitrogens with two attached hydrogens (primary N) is 1. The Morgan fingerprint density at radius 2 is 2.24 bits per heavy atom. The largest absolute Gasteiger partial charge is 0.381 e. The second-order valence-electron chi connectivity index (χ2n) is 5.68. The van der Waals surface area contributed by atoms with Gasteiger partial charge in [-0.3, -0.25) is 14.7 Å². The van der Waals surface area contributed by atoms with Gasteiger partial charge in [0.25, 0.3) is 5.91 Å². The van der Waals surface area contributed by atoms with E-state index in [0.29, 0.717) is 13.2 Å². The smallest absolute Gasteiger partial charge is 0.269 e. The van der Waals surface area contributed by atoms with E-state index in [1.54, 1.807) is 6.07 Å². The summed E-state index contributed by atoms with van der Waals surface area (Å²) in [7, 11) is 0. The molecule has 2 amide bonds. The molecule has 1 aromatic heterocycles. The van der Waals surface area contributed by atoms with Gasteiger partial charge in [0.2, 0.25) is 5.91 Å². The first-order valence-corrected chi connectivity index (χ1v) is 7.40. The van der Waals surface area contributed by atoms with Gasteiger partial charge in [-0.2, -0.15) is 5.10 Å². The molecule has 21 heavy (non-hydrogen) atoms. The molecule has 2 fully saturated rings. The molecule has 0 aliphatic carbocycles. The van der Waals surface area contributed by atoms with E-state index in [0.717, 1.165) is 37.9 Å². The van der Waals surface area contributed by atoms with Gasteiger partial charge in [-0.15, -0.1) is 0 Å². The highest BCUT2D eigenvalue weighted by Gasteiger charge is 2.35. The van der Waals surface area contributed by atoms with Gasteiger partial charge in [-0.05, 0) is 31.7 Å². The monoisotopic (exact) mass is 292 g/mol. The molecule has 0 radical (unpaired) electrons. The van der Waals surface area contributed by atoms with Crippen molar-refractivity contribution < 1.29 is 14.3 Å². The van der Waals surface area contributed by atoms with Crippen molar-refractivity contribution in [2.24, 2.45) is 11.7 Å². The van der Waals surface area contributed by atoms with Crippen LogP contribution in [0.2, 0.25) is 0 Å². The van der Waals surface area contributed by atoms with Gasteiger partial charge < -0.3 is 15.4 Å². The van der Waals surface area contributed by atoms with Gasteiger partial charge in [0.05, 0.1) is 24.3 Å². The van der Waals surface area contributed by atoms with Crippen LogP contribution in [0.3, 0.4) is 0 Å². The Kier molecular flexibility index (Phi) is 3.92. The van der Waals surface area contributed by atoms with Crippen molar-refractivity contribution in [1.82, 2.24) is 15.1 Å². The molecule has 2 aliphatic heterocycles. The molecule has 0 bridgehead atoms. The van der Waals surface area contributed by atoms with Gasteiger partial charge in [0.15, 0.2) is 0 Å². The maximum Gasteiger partial charge on any atom is 0.269 e. The van der Waals surface area contributed by atoms with Gasteiger partial charge in [0, 0.05) is 13.2 Å². The number of primary amides is 1. The van der Waals surface area contributed by atoms with Crippen molar-refractivity contribution in [2.45, 2.75) is 31.7 Å². The minimum atomic E-state index is -0.560. The summed E-state index contributed by atoms with van der Waals surface area (Å²) in [5, 5.41) is 6.78. The van der Waals surface area contributed by atoms with Gasteiger partial charge >= 0.3 is 0 Å². The van der Waals surface area contributed by atoms with E-state index in [-0.39, 0.29) is 23.6 Å². The lowest BCUT2D eigenvalue weighted by Gasteiger charge is -2.36. The number of nitrogens with one attached hydrogen (secondary N) is 1. The number of ether oxygens (including phenoxy) is 1. The van der Waals surface area contributed by atoms with Crippen molar-refractivity contribution in [1.29, 1.82) is 0 Å². The Bertz CT molecular complexity index is 536. The zero-order valence-electron chi connectivity index (χ0n) is 11.9. The summed E-state index contributed by atoms with van der Waals surface area (Å²) in [6.45, 7) is 1.91. The minimum Gasteiger partial charge on any atom is -0.381 e. The van der Waals surface area contributed by atoms with Crippen molar-refractivity contribution in [2.75, 3.05) is 19.8 Å². The number of rotatable bonds is 3. The molecule has 1 aromatic rings. The highest BCUT2D eigenvalue weighted by Crippen LogP contribution is 2.32. The van der Waals surface area contributed by atoms with E-state index in [2.05, 4.69) is 10.2 Å². The fraction of sp³-hybridized carbons (Fsp3) is 0.643. The predicted octanol–water partition coefficient (Wildman–Crippen LogP) is 0.599. The lowest BCUT2D eigenvalue weighted by Crippen LogP contribution is -2.42. The summed E-state index contributed by atoms with van der Waals surface area (Å²) < 4.78 is 5.32. The number of aromatic amines is 1. The summed E-state index contributed by atoms with van der Waals surface area (Å²) in [6.07, 6.45) is 3.73. The summed E-state index contributed by atoms with van der Waals surface area (Å²) in [5.74, 6) is -0.452. The van der Waals surface area contributed by atoms with Crippen LogP contribution in [-0.4, -0.2) is 46.7 Å². The van der Waals surface area contributed by atoms with E-state index < -0.39 is 5.91 Å². The molecule has 3 heterocycles. The van der Waals surface area contributed by atoms with E-state index in [1.807, 2.05) is 4.90 Å². The number of aromatic nitrogens is 2. The van der Waals surface area contributed by atoms with Crippen LogP contribution in [0.25, 0.3) is 0 Å². The molecule has 2 saturated heterocycles. The number of hydrogen-bond acceptors (Lipinski definition) is 4. The topological polar surface area (TPSA) is 101 Å². The number of carbonyl (C=O) groups excluding carboxylic acids is 2. The Labute approximate surface area is 122 Å². The number of amides is 2. The molecule has 2 atom stereocenters. The molecule has 0 aromatic carbocycles. The average Bonchev–Trinajstić information content (AvgIpc) is 3.18. The molecule has 7 heteroatoms. The maximum atomic E-state index is 12.6. The number of carbonyl (C=O) groups is 2. The molecule has 3 rings (SSSR count). The molecule has 114 valence electrons. The quantitative estimate of drug-likeness (QED) is 0.851. The van der Waals surface area contributed by atoms with Crippen molar-refractivity contribution in [3.05, 3.63) is 17.5 Å².